The minimum absolute atomic E-state index is 0.00319. The van der Waals surface area contributed by atoms with Crippen molar-refractivity contribution in [3.8, 4) is 0 Å². The average Bonchev–Trinajstić information content (AvgIpc) is 3.31. The van der Waals surface area contributed by atoms with E-state index in [2.05, 4.69) is 18.6 Å². The molecule has 0 aromatic heterocycles. The summed E-state index contributed by atoms with van der Waals surface area (Å²) in [4.78, 5) is 50.2. The molecule has 0 saturated heterocycles. The predicted octanol–water partition coefficient (Wildman–Crippen LogP) is 6.09. The van der Waals surface area contributed by atoms with Crippen LogP contribution in [0.4, 0.5) is 22.0 Å². The summed E-state index contributed by atoms with van der Waals surface area (Å²) in [6.07, 6.45) is -4.87. The molecule has 4 fully saturated rings. The Labute approximate surface area is 265 Å². The van der Waals surface area contributed by atoms with E-state index in [1.165, 1.54) is 0 Å². The van der Waals surface area contributed by atoms with Crippen LogP contribution in [-0.2, 0) is 38.8 Å². The van der Waals surface area contributed by atoms with Gasteiger partial charge >= 0.3 is 33.5 Å². The van der Waals surface area contributed by atoms with Crippen LogP contribution in [0, 0.1) is 46.3 Å². The Balaban J connectivity index is 1.25. The Bertz CT molecular complexity index is 1320. The molecule has 4 aliphatic carbocycles. The maximum atomic E-state index is 13.9. The highest BCUT2D eigenvalue weighted by Crippen LogP contribution is 2.67. The smallest absolute Gasteiger partial charge is 0.432 e. The Hall–Kier alpha value is -2.16. The van der Waals surface area contributed by atoms with Crippen LogP contribution in [0.25, 0.3) is 0 Å². The summed E-state index contributed by atoms with van der Waals surface area (Å²) in [7, 11) is -6.54. The van der Waals surface area contributed by atoms with Gasteiger partial charge in [-0.15, -0.1) is 0 Å². The Morgan fingerprint density at radius 2 is 1.65 bits per heavy atom. The van der Waals surface area contributed by atoms with Gasteiger partial charge in [0.15, 0.2) is 0 Å². The molecule has 0 radical (unpaired) electrons. The number of ether oxygens (including phenoxy) is 2. The van der Waals surface area contributed by atoms with E-state index in [0.29, 0.717) is 43.3 Å². The molecule has 0 aromatic carbocycles. The van der Waals surface area contributed by atoms with Crippen LogP contribution in [0.15, 0.2) is 0 Å². The van der Waals surface area contributed by atoms with Crippen molar-refractivity contribution in [3.63, 3.8) is 0 Å². The maximum absolute atomic E-state index is 13.9. The van der Waals surface area contributed by atoms with Gasteiger partial charge in [0.05, 0.1) is 6.61 Å². The first-order valence-corrected chi connectivity index (χ1v) is 17.4. The molecule has 4 rings (SSSR count). The zero-order chi connectivity index (χ0) is 34.5. The number of alkyl halides is 5. The van der Waals surface area contributed by atoms with E-state index >= 15 is 0 Å². The van der Waals surface area contributed by atoms with Gasteiger partial charge in [0.2, 0.25) is 0 Å². The minimum atomic E-state index is -6.54. The molecule has 0 spiro atoms. The third-order valence-corrected chi connectivity index (χ3v) is 12.8. The molecule has 262 valence electrons. The molecule has 9 atom stereocenters. The Morgan fingerprint density at radius 3 is 2.28 bits per heavy atom. The number of hydrogen-bond donors (Lipinski definition) is 1. The van der Waals surface area contributed by atoms with E-state index < -0.39 is 58.0 Å². The number of carbonyl (C=O) groups is 4. The van der Waals surface area contributed by atoms with Crippen molar-refractivity contribution >= 4 is 33.6 Å². The van der Waals surface area contributed by atoms with Crippen LogP contribution in [0.3, 0.4) is 0 Å². The maximum Gasteiger partial charge on any atom is 0.432 e. The second-order valence-corrected chi connectivity index (χ2v) is 15.8. The standard InChI is InChI=1S/C31H43F5O9S/c1-17(6-11-25(39)44-14-4-5-26(40)45-27(30(32,33)34)31(35,36)46(41,42)43)21-9-10-22-20-8-7-18-15-19(37)12-13-28(18,2)23(20)16-24(38)29(21,22)3/h17-18,20-23,27H,4-16H2,1-3H3,(H,41,42,43)/t17-,18-,20+,21-,22+,23+,27?,28+,29-/m1/s1. The summed E-state index contributed by atoms with van der Waals surface area (Å²) in [5.74, 6) is -0.476. The molecule has 15 heteroatoms. The van der Waals surface area contributed by atoms with Crippen molar-refractivity contribution in [2.75, 3.05) is 6.61 Å². The van der Waals surface area contributed by atoms with Crippen LogP contribution >= 0.6 is 0 Å². The molecular formula is C31H43F5O9S. The summed E-state index contributed by atoms with van der Waals surface area (Å²) in [6, 6.07) is 0. The molecule has 4 aliphatic rings. The van der Waals surface area contributed by atoms with Gasteiger partial charge in [0.1, 0.15) is 11.6 Å². The van der Waals surface area contributed by atoms with Gasteiger partial charge in [0, 0.05) is 37.5 Å². The quantitative estimate of drug-likeness (QED) is 0.118. The second kappa shape index (κ2) is 13.0. The van der Waals surface area contributed by atoms with E-state index in [-0.39, 0.29) is 47.7 Å². The SMILES string of the molecule is C[C@H](CCC(=O)OCCCC(=O)OC(C(F)(F)F)C(F)(F)S(=O)(=O)O)[C@H]1CC[C@H]2[C@@H]3CC[C@@H]4CC(=O)CC[C@]4(C)[C@H]3CC(=O)[C@]12C. The van der Waals surface area contributed by atoms with Gasteiger partial charge < -0.3 is 9.47 Å². The largest absolute Gasteiger partial charge is 0.466 e. The Morgan fingerprint density at radius 1 is 0.978 bits per heavy atom. The molecule has 1 N–H and O–H groups in total. The van der Waals surface area contributed by atoms with Crippen LogP contribution in [0.1, 0.15) is 97.8 Å². The van der Waals surface area contributed by atoms with Crippen molar-refractivity contribution in [2.24, 2.45) is 46.3 Å². The highest BCUT2D eigenvalue weighted by Gasteiger charge is 2.66. The monoisotopic (exact) mass is 686 g/mol. The number of carbonyl (C=O) groups excluding carboxylic acids is 4. The van der Waals surface area contributed by atoms with Crippen LogP contribution in [-0.4, -0.2) is 60.6 Å². The molecule has 0 aliphatic heterocycles. The van der Waals surface area contributed by atoms with Gasteiger partial charge in [-0.25, -0.2) is 0 Å². The van der Waals surface area contributed by atoms with E-state index in [1.807, 2.05) is 6.92 Å². The molecule has 4 saturated carbocycles. The topological polar surface area (TPSA) is 141 Å². The van der Waals surface area contributed by atoms with Gasteiger partial charge in [-0.2, -0.15) is 30.4 Å². The number of esters is 2. The summed E-state index contributed by atoms with van der Waals surface area (Å²) >= 11 is 0. The molecule has 0 bridgehead atoms. The lowest BCUT2D eigenvalue weighted by molar-refractivity contribution is -0.259. The summed E-state index contributed by atoms with van der Waals surface area (Å²) in [5, 5.41) is -5.82. The number of hydrogen-bond acceptors (Lipinski definition) is 8. The van der Waals surface area contributed by atoms with Gasteiger partial charge in [-0.05, 0) is 85.9 Å². The fraction of sp³-hybridized carbons (Fsp3) is 0.871. The van der Waals surface area contributed by atoms with E-state index in [9.17, 15) is 49.5 Å². The van der Waals surface area contributed by atoms with Crippen LogP contribution in [0.5, 0.6) is 0 Å². The van der Waals surface area contributed by atoms with Gasteiger partial charge in [-0.3, -0.25) is 23.7 Å². The molecule has 0 amide bonds. The number of ketones is 2. The number of Topliss-reactive ketones (excluding diaryl/α,β-unsaturated/α-hetero) is 2. The molecule has 9 nitrogen and oxygen atoms in total. The molecule has 46 heavy (non-hydrogen) atoms. The lowest BCUT2D eigenvalue weighted by Crippen LogP contribution is -2.57. The van der Waals surface area contributed by atoms with Crippen molar-refractivity contribution < 1.29 is 63.6 Å². The lowest BCUT2D eigenvalue weighted by Gasteiger charge is -2.59. The van der Waals surface area contributed by atoms with Crippen molar-refractivity contribution in [1.29, 1.82) is 0 Å². The van der Waals surface area contributed by atoms with Crippen molar-refractivity contribution in [1.82, 2.24) is 0 Å². The van der Waals surface area contributed by atoms with Crippen molar-refractivity contribution in [2.45, 2.75) is 115 Å². The first kappa shape index (κ1) is 36.7. The highest BCUT2D eigenvalue weighted by atomic mass is 32.2. The normalized spacial score (nSPS) is 34.6. The number of halogens is 5. The minimum Gasteiger partial charge on any atom is -0.466 e. The van der Waals surface area contributed by atoms with E-state index in [0.717, 1.165) is 32.1 Å². The number of fused-ring (bicyclic) bond motifs is 5. The Kier molecular flexibility index (Phi) is 10.4. The van der Waals surface area contributed by atoms with Gasteiger partial charge in [-0.1, -0.05) is 20.8 Å². The molecule has 0 heterocycles. The second-order valence-electron chi connectivity index (χ2n) is 14.3. The third-order valence-electron chi connectivity index (χ3n) is 11.9. The molecular weight excluding hydrogens is 643 g/mol. The van der Waals surface area contributed by atoms with Crippen molar-refractivity contribution in [3.05, 3.63) is 0 Å². The highest BCUT2D eigenvalue weighted by molar-refractivity contribution is 7.86. The number of rotatable bonds is 11. The summed E-state index contributed by atoms with van der Waals surface area (Å²) < 4.78 is 104. The first-order valence-electron chi connectivity index (χ1n) is 16.0. The third kappa shape index (κ3) is 6.86. The van der Waals surface area contributed by atoms with E-state index in [1.54, 1.807) is 0 Å². The predicted molar refractivity (Wildman–Crippen MR) is 152 cm³/mol. The fourth-order valence-corrected chi connectivity index (χ4v) is 9.82. The van der Waals surface area contributed by atoms with Gasteiger partial charge in [0.25, 0.3) is 6.10 Å². The van der Waals surface area contributed by atoms with E-state index in [4.69, 9.17) is 9.29 Å². The van der Waals surface area contributed by atoms with Crippen LogP contribution < -0.4 is 0 Å². The zero-order valence-corrected chi connectivity index (χ0v) is 27.1. The first-order chi connectivity index (χ1) is 21.1. The zero-order valence-electron chi connectivity index (χ0n) is 26.2. The summed E-state index contributed by atoms with van der Waals surface area (Å²) in [6.45, 7) is 5.94. The van der Waals surface area contributed by atoms with Crippen LogP contribution in [0.2, 0.25) is 0 Å². The summed E-state index contributed by atoms with van der Waals surface area (Å²) in [5.41, 5.74) is -0.498. The lowest BCUT2D eigenvalue weighted by atomic mass is 9.44. The fourth-order valence-electron chi connectivity index (χ4n) is 9.37. The molecule has 1 unspecified atom stereocenters. The average molecular weight is 687 g/mol. The molecule has 0 aromatic rings.